The Morgan fingerprint density at radius 3 is 3.18 bits per heavy atom. The van der Waals surface area contributed by atoms with Crippen molar-refractivity contribution >= 4 is 17.4 Å². The van der Waals surface area contributed by atoms with Crippen LogP contribution in [0.5, 0.6) is 0 Å². The van der Waals surface area contributed by atoms with Crippen LogP contribution in [0.2, 0.25) is 5.15 Å². The van der Waals surface area contributed by atoms with E-state index < -0.39 is 0 Å². The Balaban J connectivity index is 1.97. The Kier molecular flexibility index (Phi) is 4.57. The van der Waals surface area contributed by atoms with Crippen molar-refractivity contribution in [3.8, 4) is 0 Å². The molecule has 1 aliphatic heterocycles. The Hall–Kier alpha value is -0.870. The molecule has 0 radical (unpaired) electrons. The second-order valence-electron chi connectivity index (χ2n) is 4.31. The van der Waals surface area contributed by atoms with Gasteiger partial charge >= 0.3 is 0 Å². The molecule has 2 heterocycles. The fraction of sp³-hybridized carbons (Fsp3) is 0.667. The van der Waals surface area contributed by atoms with Crippen molar-refractivity contribution in [3.63, 3.8) is 0 Å². The molecule has 4 nitrogen and oxygen atoms in total. The van der Waals surface area contributed by atoms with Crippen molar-refractivity contribution < 1.29 is 4.74 Å². The second kappa shape index (κ2) is 6.17. The van der Waals surface area contributed by atoms with Crippen LogP contribution in [-0.4, -0.2) is 36.3 Å². The molecule has 0 bridgehead atoms. The van der Waals surface area contributed by atoms with Crippen molar-refractivity contribution in [1.29, 1.82) is 0 Å². The van der Waals surface area contributed by atoms with Gasteiger partial charge in [0.1, 0.15) is 17.3 Å². The van der Waals surface area contributed by atoms with E-state index in [9.17, 15) is 0 Å². The largest absolute Gasteiger partial charge is 0.381 e. The molecule has 1 atom stereocenters. The van der Waals surface area contributed by atoms with Gasteiger partial charge in [-0.1, -0.05) is 11.6 Å². The summed E-state index contributed by atoms with van der Waals surface area (Å²) in [4.78, 5) is 10.4. The number of nitrogens with zero attached hydrogens (tertiary/aromatic N) is 3. The molecule has 1 fully saturated rings. The zero-order valence-electron chi connectivity index (χ0n) is 10.1. The molecule has 1 aromatic heterocycles. The molecule has 1 aliphatic rings. The summed E-state index contributed by atoms with van der Waals surface area (Å²) < 4.78 is 5.50. The maximum Gasteiger partial charge on any atom is 0.134 e. The molecule has 17 heavy (non-hydrogen) atoms. The van der Waals surface area contributed by atoms with Crippen LogP contribution in [0.1, 0.15) is 19.8 Å². The number of piperidine rings is 1. The van der Waals surface area contributed by atoms with E-state index in [-0.39, 0.29) is 0 Å². The first kappa shape index (κ1) is 12.6. The minimum absolute atomic E-state index is 0.502. The van der Waals surface area contributed by atoms with Crippen LogP contribution in [0.15, 0.2) is 12.4 Å². The SMILES string of the molecule is CCOC[C@@H]1CCCN(c2cc(Cl)ncn2)C1. The molecule has 0 saturated carbocycles. The Morgan fingerprint density at radius 2 is 2.41 bits per heavy atom. The average Bonchev–Trinajstić information content (AvgIpc) is 2.37. The lowest BCUT2D eigenvalue weighted by atomic mass is 9.99. The van der Waals surface area contributed by atoms with Crippen molar-refractivity contribution in [2.45, 2.75) is 19.8 Å². The first-order valence-electron chi connectivity index (χ1n) is 6.10. The highest BCUT2D eigenvalue weighted by Gasteiger charge is 2.21. The molecular formula is C12H18ClN3O. The zero-order valence-corrected chi connectivity index (χ0v) is 10.9. The molecule has 0 aliphatic carbocycles. The Bertz CT molecular complexity index is 361. The molecule has 1 saturated heterocycles. The van der Waals surface area contributed by atoms with Crippen molar-refractivity contribution in [2.75, 3.05) is 31.2 Å². The summed E-state index contributed by atoms with van der Waals surface area (Å²) in [5.41, 5.74) is 0. The van der Waals surface area contributed by atoms with Crippen LogP contribution >= 0.6 is 11.6 Å². The van der Waals surface area contributed by atoms with Crippen LogP contribution in [-0.2, 0) is 4.74 Å². The summed E-state index contributed by atoms with van der Waals surface area (Å²) >= 11 is 5.88. The quantitative estimate of drug-likeness (QED) is 0.775. The van der Waals surface area contributed by atoms with E-state index in [0.29, 0.717) is 11.1 Å². The van der Waals surface area contributed by atoms with Gasteiger partial charge in [-0.05, 0) is 25.7 Å². The van der Waals surface area contributed by atoms with Gasteiger partial charge in [-0.15, -0.1) is 0 Å². The van der Waals surface area contributed by atoms with E-state index in [2.05, 4.69) is 14.9 Å². The molecule has 0 unspecified atom stereocenters. The summed E-state index contributed by atoms with van der Waals surface area (Å²) in [6, 6.07) is 1.82. The normalized spacial score (nSPS) is 20.6. The molecule has 5 heteroatoms. The van der Waals surface area contributed by atoms with Gasteiger partial charge in [-0.25, -0.2) is 9.97 Å². The number of anilines is 1. The third-order valence-corrected chi connectivity index (χ3v) is 3.23. The van der Waals surface area contributed by atoms with E-state index in [4.69, 9.17) is 16.3 Å². The number of ether oxygens (including phenoxy) is 1. The van der Waals surface area contributed by atoms with Gasteiger partial charge in [0, 0.05) is 25.8 Å². The number of rotatable bonds is 4. The van der Waals surface area contributed by atoms with Crippen molar-refractivity contribution in [1.82, 2.24) is 9.97 Å². The summed E-state index contributed by atoms with van der Waals surface area (Å²) in [5, 5.41) is 0.502. The Morgan fingerprint density at radius 1 is 1.53 bits per heavy atom. The molecule has 0 spiro atoms. The lowest BCUT2D eigenvalue weighted by Crippen LogP contribution is -2.37. The smallest absolute Gasteiger partial charge is 0.134 e. The lowest BCUT2D eigenvalue weighted by Gasteiger charge is -2.33. The van der Waals surface area contributed by atoms with E-state index in [1.165, 1.54) is 19.2 Å². The van der Waals surface area contributed by atoms with E-state index in [0.717, 1.165) is 32.1 Å². The van der Waals surface area contributed by atoms with Crippen molar-refractivity contribution in [2.24, 2.45) is 5.92 Å². The average molecular weight is 256 g/mol. The minimum Gasteiger partial charge on any atom is -0.381 e. The molecule has 0 N–H and O–H groups in total. The highest BCUT2D eigenvalue weighted by Crippen LogP contribution is 2.22. The first-order valence-corrected chi connectivity index (χ1v) is 6.47. The van der Waals surface area contributed by atoms with Crippen LogP contribution in [0.3, 0.4) is 0 Å². The predicted molar refractivity (Wildman–Crippen MR) is 68.5 cm³/mol. The van der Waals surface area contributed by atoms with Crippen LogP contribution < -0.4 is 4.90 Å². The molecule has 1 aromatic rings. The van der Waals surface area contributed by atoms with Gasteiger partial charge in [-0.2, -0.15) is 0 Å². The first-order chi connectivity index (χ1) is 8.29. The summed E-state index contributed by atoms with van der Waals surface area (Å²) in [6.07, 6.45) is 3.93. The summed E-state index contributed by atoms with van der Waals surface area (Å²) in [6.45, 7) is 5.69. The van der Waals surface area contributed by atoms with E-state index in [1.807, 2.05) is 13.0 Å². The highest BCUT2D eigenvalue weighted by atomic mass is 35.5. The maximum absolute atomic E-state index is 5.88. The van der Waals surface area contributed by atoms with E-state index in [1.54, 1.807) is 0 Å². The number of hydrogen-bond acceptors (Lipinski definition) is 4. The van der Waals surface area contributed by atoms with Gasteiger partial charge in [0.2, 0.25) is 0 Å². The summed E-state index contributed by atoms with van der Waals surface area (Å²) in [7, 11) is 0. The van der Waals surface area contributed by atoms with Gasteiger partial charge in [-0.3, -0.25) is 0 Å². The maximum atomic E-state index is 5.88. The van der Waals surface area contributed by atoms with Crippen LogP contribution in [0.25, 0.3) is 0 Å². The van der Waals surface area contributed by atoms with Gasteiger partial charge in [0.25, 0.3) is 0 Å². The minimum atomic E-state index is 0.502. The third kappa shape index (κ3) is 3.54. The second-order valence-corrected chi connectivity index (χ2v) is 4.70. The van der Waals surface area contributed by atoms with Crippen LogP contribution in [0.4, 0.5) is 5.82 Å². The third-order valence-electron chi connectivity index (χ3n) is 3.02. The van der Waals surface area contributed by atoms with Crippen molar-refractivity contribution in [3.05, 3.63) is 17.5 Å². The van der Waals surface area contributed by atoms with E-state index >= 15 is 0 Å². The zero-order chi connectivity index (χ0) is 12.1. The van der Waals surface area contributed by atoms with Gasteiger partial charge in [0.05, 0.1) is 6.61 Å². The lowest BCUT2D eigenvalue weighted by molar-refractivity contribution is 0.104. The summed E-state index contributed by atoms with van der Waals surface area (Å²) in [5.74, 6) is 1.52. The number of halogens is 1. The fourth-order valence-electron chi connectivity index (χ4n) is 2.19. The molecular weight excluding hydrogens is 238 g/mol. The highest BCUT2D eigenvalue weighted by molar-refractivity contribution is 6.29. The molecule has 2 rings (SSSR count). The monoisotopic (exact) mass is 255 g/mol. The van der Waals surface area contributed by atoms with Crippen LogP contribution in [0, 0.1) is 5.92 Å². The fourth-order valence-corrected chi connectivity index (χ4v) is 2.33. The van der Waals surface area contributed by atoms with Gasteiger partial charge in [0.15, 0.2) is 0 Å². The predicted octanol–water partition coefficient (Wildman–Crippen LogP) is 2.38. The standard InChI is InChI=1S/C12H18ClN3O/c1-2-17-8-10-4-3-5-16(7-10)12-6-11(13)14-9-15-12/h6,9-10H,2-5,7-8H2,1H3/t10-/m1/s1. The molecule has 0 aromatic carbocycles. The molecule has 94 valence electrons. The number of hydrogen-bond donors (Lipinski definition) is 0. The van der Waals surface area contributed by atoms with Gasteiger partial charge < -0.3 is 9.64 Å². The Labute approximate surface area is 107 Å². The topological polar surface area (TPSA) is 38.2 Å². The number of aromatic nitrogens is 2. The molecule has 0 amide bonds.